The van der Waals surface area contributed by atoms with E-state index in [0.717, 1.165) is 26.0 Å². The summed E-state index contributed by atoms with van der Waals surface area (Å²) in [7, 11) is 0. The highest BCUT2D eigenvalue weighted by molar-refractivity contribution is 6.31. The molecule has 6 heteroatoms. The number of carbonyl (C=O) groups is 1. The highest BCUT2D eigenvalue weighted by Gasteiger charge is 2.31. The van der Waals surface area contributed by atoms with Gasteiger partial charge >= 0.3 is 0 Å². The molecule has 1 aliphatic carbocycles. The Morgan fingerprint density at radius 3 is 2.71 bits per heavy atom. The van der Waals surface area contributed by atoms with Gasteiger partial charge < -0.3 is 5.32 Å². The van der Waals surface area contributed by atoms with Crippen LogP contribution >= 0.6 is 11.6 Å². The minimum absolute atomic E-state index is 0.0304. The van der Waals surface area contributed by atoms with Gasteiger partial charge in [0.2, 0.25) is 5.91 Å². The zero-order valence-corrected chi connectivity index (χ0v) is 9.89. The van der Waals surface area contributed by atoms with E-state index < -0.39 is 5.92 Å². The number of nitrogens with zero attached hydrogens (tertiary/aromatic N) is 1. The zero-order valence-electron chi connectivity index (χ0n) is 9.14. The molecule has 92 valence electrons. The molecule has 0 spiro atoms. The molecule has 1 aromatic rings. The normalized spacial score (nSPS) is 15.8. The number of carbonyl (C=O) groups excluding carboxylic acids is 1. The molecule has 1 N–H and O–H groups in total. The van der Waals surface area contributed by atoms with Crippen LogP contribution in [0.25, 0.3) is 0 Å². The third-order valence-electron chi connectivity index (χ3n) is 2.53. The largest absolute Gasteiger partial charge is 0.310 e. The number of rotatable bonds is 3. The molecular weight excluding hydrogens is 250 g/mol. The first kappa shape index (κ1) is 12.2. The molecule has 1 heterocycles. The summed E-state index contributed by atoms with van der Waals surface area (Å²) < 4.78 is 26.1. The average Bonchev–Trinajstić information content (AvgIpc) is 2.98. The second-order valence-corrected chi connectivity index (χ2v) is 4.61. The molecule has 0 radical (unpaired) electrons. The Balaban J connectivity index is 2.15. The lowest BCUT2D eigenvalue weighted by atomic mass is 10.2. The molecule has 1 aliphatic rings. The molecule has 2 rings (SSSR count). The summed E-state index contributed by atoms with van der Waals surface area (Å²) in [5.74, 6) is -2.93. The van der Waals surface area contributed by atoms with Gasteiger partial charge in [-0.05, 0) is 12.8 Å². The van der Waals surface area contributed by atoms with E-state index in [1.165, 1.54) is 6.07 Å². The van der Waals surface area contributed by atoms with Crippen LogP contribution in [-0.2, 0) is 10.7 Å². The molecule has 1 fully saturated rings. The fourth-order valence-corrected chi connectivity index (χ4v) is 1.71. The lowest BCUT2D eigenvalue weighted by Gasteiger charge is -2.13. The molecule has 1 saturated carbocycles. The molecule has 0 atom stereocenters. The van der Waals surface area contributed by atoms with Crippen molar-refractivity contribution in [2.45, 2.75) is 25.7 Å². The summed E-state index contributed by atoms with van der Waals surface area (Å²) in [6.45, 7) is 0.748. The minimum atomic E-state index is -3.04. The van der Waals surface area contributed by atoms with Crippen LogP contribution in [0.2, 0.25) is 5.02 Å². The van der Waals surface area contributed by atoms with Crippen LogP contribution in [0.15, 0.2) is 12.3 Å². The van der Waals surface area contributed by atoms with Gasteiger partial charge in [0.05, 0.1) is 10.6 Å². The van der Waals surface area contributed by atoms with E-state index in [9.17, 15) is 13.6 Å². The van der Waals surface area contributed by atoms with Crippen molar-refractivity contribution in [3.8, 4) is 0 Å². The number of hydrogen-bond donors (Lipinski definition) is 1. The number of anilines is 1. The van der Waals surface area contributed by atoms with Crippen LogP contribution in [0, 0.1) is 5.92 Å². The maximum Gasteiger partial charge on any atom is 0.273 e. The maximum absolute atomic E-state index is 13.0. The summed E-state index contributed by atoms with van der Waals surface area (Å²) in [5, 5.41) is 2.45. The molecule has 17 heavy (non-hydrogen) atoms. The maximum atomic E-state index is 13.0. The van der Waals surface area contributed by atoms with Crippen LogP contribution in [0.5, 0.6) is 0 Å². The van der Waals surface area contributed by atoms with Gasteiger partial charge in [0, 0.05) is 25.1 Å². The standard InChI is InChI=1S/C11H11ClF2N2O/c1-11(13,14)7-5-15-9(4-8(7)12)16-10(17)6-2-3-6/h4-6H,2-3H2,1H3,(H,15,16,17). The highest BCUT2D eigenvalue weighted by Crippen LogP contribution is 2.34. The lowest BCUT2D eigenvalue weighted by molar-refractivity contribution is -0.117. The number of halogens is 3. The topological polar surface area (TPSA) is 42.0 Å². The predicted molar refractivity (Wildman–Crippen MR) is 60.2 cm³/mol. The molecule has 0 aliphatic heterocycles. The van der Waals surface area contributed by atoms with Crippen molar-refractivity contribution in [3.63, 3.8) is 0 Å². The third kappa shape index (κ3) is 2.91. The summed E-state index contributed by atoms with van der Waals surface area (Å²) in [6, 6.07) is 1.24. The smallest absolute Gasteiger partial charge is 0.273 e. The van der Waals surface area contributed by atoms with Crippen LogP contribution in [0.4, 0.5) is 14.6 Å². The van der Waals surface area contributed by atoms with Gasteiger partial charge in [-0.1, -0.05) is 11.6 Å². The average molecular weight is 261 g/mol. The molecule has 3 nitrogen and oxygen atoms in total. The number of nitrogens with one attached hydrogen (secondary N) is 1. The van der Waals surface area contributed by atoms with Crippen molar-refractivity contribution in [2.24, 2.45) is 5.92 Å². The van der Waals surface area contributed by atoms with Gasteiger partial charge in [0.1, 0.15) is 5.82 Å². The quantitative estimate of drug-likeness (QED) is 0.907. The number of aromatic nitrogens is 1. The Labute approximate surface area is 102 Å². The number of amides is 1. The lowest BCUT2D eigenvalue weighted by Crippen LogP contribution is -2.15. The Hall–Kier alpha value is -1.23. The van der Waals surface area contributed by atoms with Crippen LogP contribution in [0.3, 0.4) is 0 Å². The van der Waals surface area contributed by atoms with Gasteiger partial charge in [0.25, 0.3) is 5.92 Å². The first-order valence-electron chi connectivity index (χ1n) is 5.22. The highest BCUT2D eigenvalue weighted by atomic mass is 35.5. The SMILES string of the molecule is CC(F)(F)c1cnc(NC(=O)C2CC2)cc1Cl. The van der Waals surface area contributed by atoms with Crippen LogP contribution < -0.4 is 5.32 Å². The van der Waals surface area contributed by atoms with E-state index in [-0.39, 0.29) is 28.2 Å². The molecule has 0 aromatic carbocycles. The molecule has 0 bridgehead atoms. The molecule has 0 saturated heterocycles. The summed E-state index contributed by atoms with van der Waals surface area (Å²) >= 11 is 5.72. The number of alkyl halides is 2. The Morgan fingerprint density at radius 2 is 2.24 bits per heavy atom. The van der Waals surface area contributed by atoms with E-state index in [0.29, 0.717) is 0 Å². The Kier molecular flexibility index (Phi) is 3.03. The predicted octanol–water partition coefficient (Wildman–Crippen LogP) is 3.20. The summed E-state index contributed by atoms with van der Waals surface area (Å²) in [5.41, 5.74) is -0.344. The van der Waals surface area contributed by atoms with Crippen molar-refractivity contribution in [2.75, 3.05) is 5.32 Å². The molecular formula is C11H11ClF2N2O. The van der Waals surface area contributed by atoms with Gasteiger partial charge in [-0.25, -0.2) is 13.8 Å². The fourth-order valence-electron chi connectivity index (χ4n) is 1.40. The molecule has 1 amide bonds. The second-order valence-electron chi connectivity index (χ2n) is 4.20. The zero-order chi connectivity index (χ0) is 12.6. The Morgan fingerprint density at radius 1 is 1.59 bits per heavy atom. The van der Waals surface area contributed by atoms with Gasteiger partial charge in [0.15, 0.2) is 0 Å². The van der Waals surface area contributed by atoms with Crippen molar-refractivity contribution < 1.29 is 13.6 Å². The van der Waals surface area contributed by atoms with E-state index in [4.69, 9.17) is 11.6 Å². The number of hydrogen-bond acceptors (Lipinski definition) is 2. The van der Waals surface area contributed by atoms with Gasteiger partial charge in [-0.3, -0.25) is 4.79 Å². The third-order valence-corrected chi connectivity index (χ3v) is 2.84. The summed E-state index contributed by atoms with van der Waals surface area (Å²) in [6.07, 6.45) is 2.72. The molecule has 0 unspecified atom stereocenters. The first-order chi connectivity index (χ1) is 7.88. The van der Waals surface area contributed by atoms with Crippen molar-refractivity contribution in [1.82, 2.24) is 4.98 Å². The van der Waals surface area contributed by atoms with E-state index in [1.807, 2.05) is 0 Å². The molecule has 1 aromatic heterocycles. The fraction of sp³-hybridized carbons (Fsp3) is 0.455. The van der Waals surface area contributed by atoms with Crippen molar-refractivity contribution in [1.29, 1.82) is 0 Å². The van der Waals surface area contributed by atoms with Gasteiger partial charge in [-0.2, -0.15) is 0 Å². The van der Waals surface area contributed by atoms with Crippen molar-refractivity contribution in [3.05, 3.63) is 22.8 Å². The van der Waals surface area contributed by atoms with Crippen molar-refractivity contribution >= 4 is 23.3 Å². The van der Waals surface area contributed by atoms with E-state index in [1.54, 1.807) is 0 Å². The van der Waals surface area contributed by atoms with Crippen LogP contribution in [0.1, 0.15) is 25.3 Å². The minimum Gasteiger partial charge on any atom is -0.310 e. The number of pyridine rings is 1. The Bertz CT molecular complexity index is 455. The van der Waals surface area contributed by atoms with Gasteiger partial charge in [-0.15, -0.1) is 0 Å². The van der Waals surface area contributed by atoms with E-state index in [2.05, 4.69) is 10.3 Å². The van der Waals surface area contributed by atoms with Crippen LogP contribution in [-0.4, -0.2) is 10.9 Å². The monoisotopic (exact) mass is 260 g/mol. The summed E-state index contributed by atoms with van der Waals surface area (Å²) in [4.78, 5) is 15.2. The van der Waals surface area contributed by atoms with E-state index >= 15 is 0 Å². The second kappa shape index (κ2) is 4.22. The first-order valence-corrected chi connectivity index (χ1v) is 5.60.